The van der Waals surface area contributed by atoms with Crippen LogP contribution in [0.15, 0.2) is 54.6 Å². The van der Waals surface area contributed by atoms with Gasteiger partial charge in [0, 0.05) is 25.6 Å². The minimum Gasteiger partial charge on any atom is -0.356 e. The van der Waals surface area contributed by atoms with Crippen molar-refractivity contribution in [3.63, 3.8) is 0 Å². The van der Waals surface area contributed by atoms with Crippen molar-refractivity contribution >= 4 is 11.8 Å². The first-order valence-electron chi connectivity index (χ1n) is 11.3. The molecular weight excluding hydrogens is 372 g/mol. The van der Waals surface area contributed by atoms with E-state index < -0.39 is 5.41 Å². The smallest absolute Gasteiger partial charge is 0.228 e. The molecule has 1 saturated heterocycles. The molecule has 0 unspecified atom stereocenters. The summed E-state index contributed by atoms with van der Waals surface area (Å²) in [6.07, 6.45) is 5.49. The van der Waals surface area contributed by atoms with E-state index in [0.717, 1.165) is 44.2 Å². The van der Waals surface area contributed by atoms with Gasteiger partial charge >= 0.3 is 0 Å². The first-order valence-corrected chi connectivity index (χ1v) is 11.3. The number of likely N-dealkylation sites (tertiary alicyclic amines) is 1. The number of nitrogens with zero attached hydrogens (tertiary/aromatic N) is 1. The van der Waals surface area contributed by atoms with Crippen molar-refractivity contribution in [1.29, 1.82) is 0 Å². The molecule has 1 aliphatic heterocycles. The molecule has 1 aliphatic carbocycles. The van der Waals surface area contributed by atoms with Crippen LogP contribution in [-0.2, 0) is 16.0 Å². The molecule has 2 fully saturated rings. The first-order chi connectivity index (χ1) is 14.6. The van der Waals surface area contributed by atoms with E-state index >= 15 is 0 Å². The number of rotatable bonds is 6. The molecule has 30 heavy (non-hydrogen) atoms. The molecule has 2 aromatic rings. The Morgan fingerprint density at radius 1 is 1.03 bits per heavy atom. The molecule has 1 atom stereocenters. The van der Waals surface area contributed by atoms with Crippen molar-refractivity contribution < 1.29 is 9.59 Å². The summed E-state index contributed by atoms with van der Waals surface area (Å²) < 4.78 is 0. The van der Waals surface area contributed by atoms with Gasteiger partial charge in [0.2, 0.25) is 11.8 Å². The molecular formula is C26H32N2O2. The predicted molar refractivity (Wildman–Crippen MR) is 120 cm³/mol. The third-order valence-electron chi connectivity index (χ3n) is 6.79. The Morgan fingerprint density at radius 3 is 2.47 bits per heavy atom. The van der Waals surface area contributed by atoms with E-state index in [-0.39, 0.29) is 17.7 Å². The van der Waals surface area contributed by atoms with E-state index in [1.807, 2.05) is 36.1 Å². The summed E-state index contributed by atoms with van der Waals surface area (Å²) >= 11 is 0. The highest BCUT2D eigenvalue weighted by Crippen LogP contribution is 2.39. The van der Waals surface area contributed by atoms with Crippen molar-refractivity contribution in [2.45, 2.75) is 45.4 Å². The topological polar surface area (TPSA) is 49.4 Å². The molecule has 2 aliphatic rings. The van der Waals surface area contributed by atoms with Crippen molar-refractivity contribution in [2.75, 3.05) is 19.6 Å². The molecule has 0 spiro atoms. The second-order valence-electron chi connectivity index (χ2n) is 8.83. The largest absolute Gasteiger partial charge is 0.356 e. The van der Waals surface area contributed by atoms with Gasteiger partial charge < -0.3 is 10.2 Å². The zero-order valence-corrected chi connectivity index (χ0v) is 17.9. The van der Waals surface area contributed by atoms with Gasteiger partial charge in [0.1, 0.15) is 0 Å². The normalized spacial score (nSPS) is 21.7. The highest BCUT2D eigenvalue weighted by Gasteiger charge is 2.45. The van der Waals surface area contributed by atoms with E-state index in [4.69, 9.17) is 0 Å². The summed E-state index contributed by atoms with van der Waals surface area (Å²) in [6.45, 7) is 3.87. The molecule has 4 rings (SSSR count). The monoisotopic (exact) mass is 404 g/mol. The zero-order chi connectivity index (χ0) is 21.0. The summed E-state index contributed by atoms with van der Waals surface area (Å²) in [7, 11) is 0. The van der Waals surface area contributed by atoms with E-state index in [9.17, 15) is 9.59 Å². The van der Waals surface area contributed by atoms with Gasteiger partial charge in [-0.1, -0.05) is 61.0 Å². The summed E-state index contributed by atoms with van der Waals surface area (Å²) in [5.74, 6) is 0.511. The Morgan fingerprint density at radius 2 is 1.77 bits per heavy atom. The molecule has 0 radical (unpaired) electrons. The molecule has 1 saturated carbocycles. The number of hydrogen-bond donors (Lipinski definition) is 1. The van der Waals surface area contributed by atoms with Crippen LogP contribution in [0.2, 0.25) is 0 Å². The number of piperidine rings is 1. The van der Waals surface area contributed by atoms with Crippen molar-refractivity contribution in [1.82, 2.24) is 10.2 Å². The Hall–Kier alpha value is -2.62. The van der Waals surface area contributed by atoms with Crippen LogP contribution in [0.1, 0.15) is 44.6 Å². The lowest BCUT2D eigenvalue weighted by Gasteiger charge is -2.44. The third kappa shape index (κ3) is 4.14. The fourth-order valence-electron chi connectivity index (χ4n) is 4.93. The Labute approximate surface area is 179 Å². The van der Waals surface area contributed by atoms with Crippen LogP contribution in [0, 0.1) is 11.3 Å². The number of carbonyl (C=O) groups is 2. The minimum absolute atomic E-state index is 0.0824. The second kappa shape index (κ2) is 9.03. The van der Waals surface area contributed by atoms with E-state index in [1.165, 1.54) is 11.1 Å². The average Bonchev–Trinajstić information content (AvgIpc) is 2.74. The molecule has 158 valence electrons. The number of hydrogen-bond acceptors (Lipinski definition) is 2. The maximum Gasteiger partial charge on any atom is 0.228 e. The lowest BCUT2D eigenvalue weighted by atomic mass is 9.72. The zero-order valence-electron chi connectivity index (χ0n) is 17.9. The highest BCUT2D eigenvalue weighted by molar-refractivity contribution is 5.86. The van der Waals surface area contributed by atoms with Gasteiger partial charge in [0.15, 0.2) is 0 Å². The molecule has 2 aromatic carbocycles. The summed E-state index contributed by atoms with van der Waals surface area (Å²) in [4.78, 5) is 28.3. The van der Waals surface area contributed by atoms with Gasteiger partial charge in [-0.05, 0) is 55.7 Å². The quantitative estimate of drug-likeness (QED) is 0.774. The number of benzene rings is 2. The van der Waals surface area contributed by atoms with Crippen LogP contribution in [0.5, 0.6) is 0 Å². The average molecular weight is 405 g/mol. The molecule has 1 N–H and O–H groups in total. The third-order valence-corrected chi connectivity index (χ3v) is 6.79. The lowest BCUT2D eigenvalue weighted by molar-refractivity contribution is -0.146. The lowest BCUT2D eigenvalue weighted by Crippen LogP contribution is -2.55. The fraction of sp³-hybridized carbons (Fsp3) is 0.462. The van der Waals surface area contributed by atoms with Crippen LogP contribution in [0.3, 0.4) is 0 Å². The van der Waals surface area contributed by atoms with Crippen molar-refractivity contribution in [2.24, 2.45) is 11.3 Å². The molecule has 2 amide bonds. The summed E-state index contributed by atoms with van der Waals surface area (Å²) in [6, 6.07) is 18.7. The van der Waals surface area contributed by atoms with E-state index in [0.29, 0.717) is 19.5 Å². The van der Waals surface area contributed by atoms with E-state index in [2.05, 4.69) is 35.6 Å². The summed E-state index contributed by atoms with van der Waals surface area (Å²) in [5.41, 5.74) is 2.94. The van der Waals surface area contributed by atoms with Crippen molar-refractivity contribution in [3.8, 4) is 11.1 Å². The predicted octanol–water partition coefficient (Wildman–Crippen LogP) is 4.44. The van der Waals surface area contributed by atoms with Crippen LogP contribution >= 0.6 is 0 Å². The van der Waals surface area contributed by atoms with Gasteiger partial charge in [-0.25, -0.2) is 0 Å². The SMILES string of the molecule is CCNC(=O)[C@]1(Cc2ccccc2-c2ccccc2)CCCN(C(=O)C2CCC2)C1. The van der Waals surface area contributed by atoms with Gasteiger partial charge in [0.25, 0.3) is 0 Å². The standard InChI is InChI=1S/C26H32N2O2/c1-2-27-25(30)26(16-9-17-28(19-26)24(29)21-13-8-14-21)18-22-12-6-7-15-23(22)20-10-4-3-5-11-20/h3-7,10-12,15,21H,2,8-9,13-14,16-19H2,1H3,(H,27,30)/t26-/m0/s1. The molecule has 0 bridgehead atoms. The molecule has 4 heteroatoms. The van der Waals surface area contributed by atoms with Crippen LogP contribution in [-0.4, -0.2) is 36.3 Å². The highest BCUT2D eigenvalue weighted by atomic mass is 16.2. The fourth-order valence-corrected chi connectivity index (χ4v) is 4.93. The van der Waals surface area contributed by atoms with Crippen molar-refractivity contribution in [3.05, 3.63) is 60.2 Å². The maximum absolute atomic E-state index is 13.3. The second-order valence-corrected chi connectivity index (χ2v) is 8.83. The summed E-state index contributed by atoms with van der Waals surface area (Å²) in [5, 5.41) is 3.08. The van der Waals surface area contributed by atoms with Gasteiger partial charge in [-0.2, -0.15) is 0 Å². The Bertz CT molecular complexity index is 891. The van der Waals surface area contributed by atoms with E-state index in [1.54, 1.807) is 0 Å². The van der Waals surface area contributed by atoms with Crippen LogP contribution in [0.4, 0.5) is 0 Å². The van der Waals surface area contributed by atoms with Crippen LogP contribution in [0.25, 0.3) is 11.1 Å². The van der Waals surface area contributed by atoms with Gasteiger partial charge in [-0.15, -0.1) is 0 Å². The van der Waals surface area contributed by atoms with Crippen LogP contribution < -0.4 is 5.32 Å². The number of amides is 2. The minimum atomic E-state index is -0.571. The van der Waals surface area contributed by atoms with Gasteiger partial charge in [-0.3, -0.25) is 9.59 Å². The Kier molecular flexibility index (Phi) is 6.21. The maximum atomic E-state index is 13.3. The van der Waals surface area contributed by atoms with Gasteiger partial charge in [0.05, 0.1) is 5.41 Å². The molecule has 0 aromatic heterocycles. The number of nitrogens with one attached hydrogen (secondary N) is 1. The molecule has 1 heterocycles. The Balaban J connectivity index is 1.65. The first kappa shape index (κ1) is 20.6. The molecule has 4 nitrogen and oxygen atoms in total. The number of carbonyl (C=O) groups excluding carboxylic acids is 2.